The Morgan fingerprint density at radius 2 is 1.62 bits per heavy atom. The zero-order valence-electron chi connectivity index (χ0n) is 15.3. The first-order chi connectivity index (χ1) is 13.5. The Morgan fingerprint density at radius 3 is 2.17 bits per heavy atom. The van der Waals surface area contributed by atoms with Gasteiger partial charge in [-0.1, -0.05) is 12.1 Å². The number of benzene rings is 2. The summed E-state index contributed by atoms with van der Waals surface area (Å²) in [4.78, 5) is 22.6. The van der Waals surface area contributed by atoms with E-state index in [1.165, 1.54) is 38.3 Å². The van der Waals surface area contributed by atoms with Gasteiger partial charge in [0.2, 0.25) is 15.9 Å². The van der Waals surface area contributed by atoms with E-state index in [-0.39, 0.29) is 11.3 Å². The number of hydrogen-bond acceptors (Lipinski definition) is 5. The average Bonchev–Trinajstić information content (AvgIpc) is 2.67. The predicted molar refractivity (Wildman–Crippen MR) is 97.6 cm³/mol. The fourth-order valence-corrected chi connectivity index (χ4v) is 3.77. The number of rotatable bonds is 6. The quantitative estimate of drug-likeness (QED) is 0.687. The Bertz CT molecular complexity index is 1000. The van der Waals surface area contributed by atoms with E-state index in [4.69, 9.17) is 0 Å². The van der Waals surface area contributed by atoms with Crippen LogP contribution in [-0.2, 0) is 25.7 Å². The van der Waals surface area contributed by atoms with Crippen LogP contribution in [0.15, 0.2) is 53.4 Å². The van der Waals surface area contributed by atoms with Crippen LogP contribution in [0.3, 0.4) is 0 Å². The molecular formula is C18H17F3N2O5S. The molecule has 1 unspecified atom stereocenters. The second kappa shape index (κ2) is 8.62. The van der Waals surface area contributed by atoms with Crippen LogP contribution in [0.1, 0.15) is 22.8 Å². The minimum Gasteiger partial charge on any atom is -0.465 e. The van der Waals surface area contributed by atoms with Gasteiger partial charge in [-0.3, -0.25) is 4.79 Å². The van der Waals surface area contributed by atoms with E-state index < -0.39 is 44.6 Å². The van der Waals surface area contributed by atoms with Gasteiger partial charge in [-0.15, -0.1) is 0 Å². The smallest absolute Gasteiger partial charge is 0.417 e. The summed E-state index contributed by atoms with van der Waals surface area (Å²) in [6.07, 6.45) is -4.88. The van der Waals surface area contributed by atoms with Gasteiger partial charge in [0.1, 0.15) is 0 Å². The van der Waals surface area contributed by atoms with E-state index in [1.54, 1.807) is 0 Å². The highest BCUT2D eigenvalue weighted by Crippen LogP contribution is 2.33. The molecular weight excluding hydrogens is 413 g/mol. The van der Waals surface area contributed by atoms with E-state index in [0.29, 0.717) is 6.07 Å². The number of hydrogen-bond donors (Lipinski definition) is 2. The molecule has 2 aromatic rings. The van der Waals surface area contributed by atoms with Crippen molar-refractivity contribution in [2.45, 2.75) is 24.0 Å². The number of esters is 1. The zero-order valence-corrected chi connectivity index (χ0v) is 16.1. The van der Waals surface area contributed by atoms with Gasteiger partial charge in [0.05, 0.1) is 29.2 Å². The van der Waals surface area contributed by atoms with Crippen LogP contribution < -0.4 is 10.0 Å². The lowest BCUT2D eigenvalue weighted by atomic mass is 10.2. The van der Waals surface area contributed by atoms with E-state index in [9.17, 15) is 31.2 Å². The largest absolute Gasteiger partial charge is 0.465 e. The number of alkyl halides is 3. The maximum atomic E-state index is 13.1. The molecule has 0 aromatic heterocycles. The van der Waals surface area contributed by atoms with Crippen LogP contribution in [0.4, 0.5) is 18.9 Å². The van der Waals surface area contributed by atoms with Crippen molar-refractivity contribution in [3.05, 3.63) is 59.7 Å². The molecule has 1 atom stereocenters. The van der Waals surface area contributed by atoms with Crippen LogP contribution in [-0.4, -0.2) is 33.4 Å². The predicted octanol–water partition coefficient (Wildman–Crippen LogP) is 2.80. The third kappa shape index (κ3) is 5.55. The lowest BCUT2D eigenvalue weighted by Gasteiger charge is -2.17. The maximum Gasteiger partial charge on any atom is 0.417 e. The highest BCUT2D eigenvalue weighted by atomic mass is 32.2. The standard InChI is InChI=1S/C18H17F3N2O5S/c1-11(16(24)22-13-9-7-12(8-10-13)17(25)28-2)23-29(26,27)15-6-4-3-5-14(15)18(19,20)21/h3-11,23H,1-2H3,(H,22,24). The van der Waals surface area contributed by atoms with E-state index in [2.05, 4.69) is 10.1 Å². The summed E-state index contributed by atoms with van der Waals surface area (Å²) in [5.41, 5.74) is -0.842. The summed E-state index contributed by atoms with van der Waals surface area (Å²) in [5.74, 6) is -1.38. The molecule has 0 heterocycles. The molecule has 0 radical (unpaired) electrons. The normalized spacial score (nSPS) is 12.9. The van der Waals surface area contributed by atoms with Crippen molar-refractivity contribution in [2.24, 2.45) is 0 Å². The minimum absolute atomic E-state index is 0.239. The molecule has 0 aliphatic rings. The molecule has 0 saturated heterocycles. The van der Waals surface area contributed by atoms with Crippen molar-refractivity contribution in [1.82, 2.24) is 4.72 Å². The second-order valence-electron chi connectivity index (χ2n) is 5.90. The number of ether oxygens (including phenoxy) is 1. The molecule has 0 aliphatic heterocycles. The molecule has 7 nitrogen and oxygen atoms in total. The zero-order chi connectivity index (χ0) is 21.8. The number of anilines is 1. The average molecular weight is 430 g/mol. The SMILES string of the molecule is COC(=O)c1ccc(NC(=O)C(C)NS(=O)(=O)c2ccccc2C(F)(F)F)cc1. The van der Waals surface area contributed by atoms with Crippen LogP contribution in [0.5, 0.6) is 0 Å². The number of carbonyl (C=O) groups excluding carboxylic acids is 2. The highest BCUT2D eigenvalue weighted by Gasteiger charge is 2.37. The van der Waals surface area contributed by atoms with Crippen molar-refractivity contribution in [1.29, 1.82) is 0 Å². The molecule has 2 aromatic carbocycles. The molecule has 29 heavy (non-hydrogen) atoms. The Labute approximate surface area is 164 Å². The molecule has 2 rings (SSSR count). The summed E-state index contributed by atoms with van der Waals surface area (Å²) in [5, 5.41) is 2.40. The summed E-state index contributed by atoms with van der Waals surface area (Å²) in [6, 6.07) is 7.85. The van der Waals surface area contributed by atoms with Crippen molar-refractivity contribution >= 4 is 27.6 Å². The molecule has 156 valence electrons. The molecule has 1 amide bonds. The van der Waals surface area contributed by atoms with Crippen LogP contribution in [0.25, 0.3) is 0 Å². The van der Waals surface area contributed by atoms with Gasteiger partial charge in [0.15, 0.2) is 0 Å². The number of amides is 1. The minimum atomic E-state index is -4.88. The summed E-state index contributed by atoms with van der Waals surface area (Å²) < 4.78 is 70.4. The lowest BCUT2D eigenvalue weighted by Crippen LogP contribution is -2.42. The Hall–Kier alpha value is -2.92. The Morgan fingerprint density at radius 1 is 1.03 bits per heavy atom. The van der Waals surface area contributed by atoms with Crippen molar-refractivity contribution in [3.63, 3.8) is 0 Å². The van der Waals surface area contributed by atoms with Gasteiger partial charge in [0, 0.05) is 5.69 Å². The summed E-state index contributed by atoms with van der Waals surface area (Å²) >= 11 is 0. The van der Waals surface area contributed by atoms with Crippen molar-refractivity contribution in [2.75, 3.05) is 12.4 Å². The molecule has 2 N–H and O–H groups in total. The second-order valence-corrected chi connectivity index (χ2v) is 7.58. The summed E-state index contributed by atoms with van der Waals surface area (Å²) in [7, 11) is -3.41. The van der Waals surface area contributed by atoms with Crippen LogP contribution >= 0.6 is 0 Å². The monoisotopic (exact) mass is 430 g/mol. The van der Waals surface area contributed by atoms with Crippen molar-refractivity contribution in [3.8, 4) is 0 Å². The van der Waals surface area contributed by atoms with Gasteiger partial charge in [-0.05, 0) is 43.3 Å². The first-order valence-corrected chi connectivity index (χ1v) is 9.62. The van der Waals surface area contributed by atoms with Gasteiger partial charge in [0.25, 0.3) is 0 Å². The van der Waals surface area contributed by atoms with Gasteiger partial charge in [-0.25, -0.2) is 13.2 Å². The fraction of sp³-hybridized carbons (Fsp3) is 0.222. The highest BCUT2D eigenvalue weighted by molar-refractivity contribution is 7.89. The van der Waals surface area contributed by atoms with Crippen LogP contribution in [0.2, 0.25) is 0 Å². The van der Waals surface area contributed by atoms with E-state index >= 15 is 0 Å². The van der Waals surface area contributed by atoms with Gasteiger partial charge in [-0.2, -0.15) is 17.9 Å². The number of nitrogens with one attached hydrogen (secondary N) is 2. The van der Waals surface area contributed by atoms with E-state index in [0.717, 1.165) is 18.2 Å². The first kappa shape index (κ1) is 22.4. The lowest BCUT2D eigenvalue weighted by molar-refractivity contribution is -0.139. The number of methoxy groups -OCH3 is 1. The fourth-order valence-electron chi connectivity index (χ4n) is 2.34. The number of carbonyl (C=O) groups is 2. The molecule has 11 heteroatoms. The summed E-state index contributed by atoms with van der Waals surface area (Å²) in [6.45, 7) is 1.19. The Balaban J connectivity index is 2.14. The van der Waals surface area contributed by atoms with Gasteiger partial charge < -0.3 is 10.1 Å². The Kier molecular flexibility index (Phi) is 6.65. The number of halogens is 3. The van der Waals surface area contributed by atoms with E-state index in [1.807, 2.05) is 4.72 Å². The van der Waals surface area contributed by atoms with Gasteiger partial charge >= 0.3 is 12.1 Å². The molecule has 0 fully saturated rings. The third-order valence-electron chi connectivity index (χ3n) is 3.78. The molecule has 0 aliphatic carbocycles. The number of sulfonamides is 1. The molecule has 0 bridgehead atoms. The topological polar surface area (TPSA) is 102 Å². The first-order valence-electron chi connectivity index (χ1n) is 8.13. The van der Waals surface area contributed by atoms with Crippen LogP contribution in [0, 0.1) is 0 Å². The molecule has 0 spiro atoms. The van der Waals surface area contributed by atoms with Crippen molar-refractivity contribution < 1.29 is 35.9 Å². The third-order valence-corrected chi connectivity index (χ3v) is 5.38. The maximum absolute atomic E-state index is 13.1. The molecule has 0 saturated carbocycles.